The fraction of sp³-hybridized carbons (Fsp3) is 0.364. The quantitative estimate of drug-likeness (QED) is 0.536. The first kappa shape index (κ1) is 24.0. The van der Waals surface area contributed by atoms with E-state index in [2.05, 4.69) is 5.32 Å². The Morgan fingerprint density at radius 2 is 1.55 bits per heavy atom. The Hall–Kier alpha value is -3.23. The van der Waals surface area contributed by atoms with Crippen molar-refractivity contribution in [3.63, 3.8) is 0 Å². The van der Waals surface area contributed by atoms with Crippen molar-refractivity contribution in [1.29, 1.82) is 0 Å². The molecule has 0 unspecified atom stereocenters. The van der Waals surface area contributed by atoms with Crippen LogP contribution in [0, 0.1) is 17.5 Å². The molecule has 0 atom stereocenters. The molecule has 0 radical (unpaired) electrons. The number of rotatable bonds is 11. The molecule has 0 aliphatic rings. The summed E-state index contributed by atoms with van der Waals surface area (Å²) in [7, 11) is 0. The van der Waals surface area contributed by atoms with E-state index in [1.807, 2.05) is 13.8 Å². The molecule has 9 heteroatoms. The average molecular weight is 438 g/mol. The molecule has 0 spiro atoms. The van der Waals surface area contributed by atoms with Crippen LogP contribution < -0.4 is 14.8 Å². The van der Waals surface area contributed by atoms with Gasteiger partial charge in [0.15, 0.2) is 24.1 Å². The molecule has 31 heavy (non-hydrogen) atoms. The molecule has 0 bridgehead atoms. The molecule has 0 saturated heterocycles. The second-order valence-corrected chi connectivity index (χ2v) is 6.69. The van der Waals surface area contributed by atoms with Gasteiger partial charge in [0.1, 0.15) is 11.5 Å². The van der Waals surface area contributed by atoms with Gasteiger partial charge in [-0.05, 0) is 49.2 Å². The van der Waals surface area contributed by atoms with Crippen molar-refractivity contribution < 1.29 is 32.2 Å². The molecule has 0 saturated carbocycles. The smallest absolute Gasteiger partial charge is 0.260 e. The molecule has 2 aromatic carbocycles. The van der Waals surface area contributed by atoms with Gasteiger partial charge in [-0.2, -0.15) is 0 Å². The third-order valence-electron chi connectivity index (χ3n) is 4.15. The third-order valence-corrected chi connectivity index (χ3v) is 4.15. The van der Waals surface area contributed by atoms with Crippen LogP contribution in [0.15, 0.2) is 36.4 Å². The van der Waals surface area contributed by atoms with Crippen molar-refractivity contribution in [1.82, 2.24) is 4.90 Å². The van der Waals surface area contributed by atoms with Crippen LogP contribution in [0.2, 0.25) is 0 Å². The van der Waals surface area contributed by atoms with Crippen molar-refractivity contribution in [3.05, 3.63) is 53.8 Å². The van der Waals surface area contributed by atoms with E-state index in [1.54, 1.807) is 24.3 Å². The molecule has 0 fully saturated rings. The number of benzene rings is 2. The minimum atomic E-state index is -1.68. The first-order valence-electron chi connectivity index (χ1n) is 9.92. The molecule has 0 aliphatic carbocycles. The van der Waals surface area contributed by atoms with Gasteiger partial charge in [-0.1, -0.05) is 13.8 Å². The largest absolute Gasteiger partial charge is 0.494 e. The molecule has 0 heterocycles. The number of nitrogens with one attached hydrogen (secondary N) is 1. The normalized spacial score (nSPS) is 10.5. The van der Waals surface area contributed by atoms with E-state index in [4.69, 9.17) is 9.47 Å². The average Bonchev–Trinajstić information content (AvgIpc) is 2.77. The lowest BCUT2D eigenvalue weighted by molar-refractivity contribution is -0.136. The van der Waals surface area contributed by atoms with Crippen LogP contribution in [-0.4, -0.2) is 43.0 Å². The Morgan fingerprint density at radius 3 is 2.16 bits per heavy atom. The van der Waals surface area contributed by atoms with E-state index in [9.17, 15) is 22.8 Å². The van der Waals surface area contributed by atoms with Gasteiger partial charge in [0.2, 0.25) is 5.91 Å². The number of anilines is 1. The van der Waals surface area contributed by atoms with Crippen molar-refractivity contribution in [3.8, 4) is 11.5 Å². The third kappa shape index (κ3) is 7.20. The zero-order valence-corrected chi connectivity index (χ0v) is 17.4. The second-order valence-electron chi connectivity index (χ2n) is 6.69. The summed E-state index contributed by atoms with van der Waals surface area (Å²) in [6.45, 7) is 3.99. The number of halogens is 3. The maximum Gasteiger partial charge on any atom is 0.260 e. The van der Waals surface area contributed by atoms with Gasteiger partial charge in [-0.15, -0.1) is 0 Å². The lowest BCUT2D eigenvalue weighted by atomic mass is 10.2. The Kier molecular flexibility index (Phi) is 9.17. The van der Waals surface area contributed by atoms with Gasteiger partial charge < -0.3 is 19.7 Å². The standard InChI is InChI=1S/C22H25F3N2O4/c1-3-11-27(13-19(28)26-18-10-9-17(23)21(24)22(18)25)20(29)14-31-16-7-5-15(6-8-16)30-12-4-2/h5-10H,3-4,11-14H2,1-2H3,(H,26,28). The monoisotopic (exact) mass is 438 g/mol. The summed E-state index contributed by atoms with van der Waals surface area (Å²) in [5.41, 5.74) is -0.505. The lowest BCUT2D eigenvalue weighted by Gasteiger charge is -2.22. The number of nitrogens with zero attached hydrogens (tertiary/aromatic N) is 1. The minimum Gasteiger partial charge on any atom is -0.494 e. The first-order valence-corrected chi connectivity index (χ1v) is 9.92. The van der Waals surface area contributed by atoms with Gasteiger partial charge in [-0.25, -0.2) is 13.2 Å². The van der Waals surface area contributed by atoms with Crippen LogP contribution in [0.5, 0.6) is 11.5 Å². The molecule has 168 valence electrons. The van der Waals surface area contributed by atoms with E-state index in [0.29, 0.717) is 30.6 Å². The van der Waals surface area contributed by atoms with Gasteiger partial charge in [0.05, 0.1) is 18.8 Å². The predicted octanol–water partition coefficient (Wildman–Crippen LogP) is 4.15. The number of hydrogen-bond acceptors (Lipinski definition) is 4. The lowest BCUT2D eigenvalue weighted by Crippen LogP contribution is -2.41. The minimum absolute atomic E-state index is 0.264. The summed E-state index contributed by atoms with van der Waals surface area (Å²) < 4.78 is 51.0. The number of amides is 2. The number of hydrogen-bond donors (Lipinski definition) is 1. The van der Waals surface area contributed by atoms with Gasteiger partial charge >= 0.3 is 0 Å². The van der Waals surface area contributed by atoms with E-state index in [0.717, 1.165) is 12.5 Å². The highest BCUT2D eigenvalue weighted by molar-refractivity contribution is 5.94. The number of carbonyl (C=O) groups is 2. The van der Waals surface area contributed by atoms with Crippen molar-refractivity contribution >= 4 is 17.5 Å². The highest BCUT2D eigenvalue weighted by atomic mass is 19.2. The Morgan fingerprint density at radius 1 is 0.903 bits per heavy atom. The summed E-state index contributed by atoms with van der Waals surface area (Å²) >= 11 is 0. The van der Waals surface area contributed by atoms with Gasteiger partial charge in [0.25, 0.3) is 5.91 Å². The Bertz CT molecular complexity index is 891. The van der Waals surface area contributed by atoms with Gasteiger partial charge in [0, 0.05) is 6.54 Å². The van der Waals surface area contributed by atoms with Gasteiger partial charge in [-0.3, -0.25) is 9.59 Å². The van der Waals surface area contributed by atoms with Crippen molar-refractivity contribution in [2.24, 2.45) is 0 Å². The zero-order chi connectivity index (χ0) is 22.8. The number of ether oxygens (including phenoxy) is 2. The second kappa shape index (κ2) is 11.8. The predicted molar refractivity (Wildman–Crippen MR) is 110 cm³/mol. The topological polar surface area (TPSA) is 67.9 Å². The Labute approximate surface area is 178 Å². The molecule has 0 aromatic heterocycles. The Balaban J connectivity index is 1.92. The van der Waals surface area contributed by atoms with Crippen LogP contribution in [0.1, 0.15) is 26.7 Å². The molecule has 1 N–H and O–H groups in total. The van der Waals surface area contributed by atoms with Crippen molar-refractivity contribution in [2.75, 3.05) is 31.6 Å². The molecule has 2 amide bonds. The molecular formula is C22H25F3N2O4. The molecule has 0 aliphatic heterocycles. The van der Waals surface area contributed by atoms with Crippen LogP contribution >= 0.6 is 0 Å². The molecular weight excluding hydrogens is 413 g/mol. The van der Waals surface area contributed by atoms with E-state index in [1.165, 1.54) is 4.90 Å². The first-order chi connectivity index (χ1) is 14.8. The molecule has 6 nitrogen and oxygen atoms in total. The molecule has 2 aromatic rings. The van der Waals surface area contributed by atoms with Crippen LogP contribution in [0.3, 0.4) is 0 Å². The zero-order valence-electron chi connectivity index (χ0n) is 17.4. The van der Waals surface area contributed by atoms with E-state index < -0.39 is 41.5 Å². The van der Waals surface area contributed by atoms with E-state index >= 15 is 0 Å². The maximum atomic E-state index is 13.7. The highest BCUT2D eigenvalue weighted by Gasteiger charge is 2.20. The molecule has 2 rings (SSSR count). The fourth-order valence-electron chi connectivity index (χ4n) is 2.64. The fourth-order valence-corrected chi connectivity index (χ4v) is 2.64. The summed E-state index contributed by atoms with van der Waals surface area (Å²) in [4.78, 5) is 25.9. The van der Waals surface area contributed by atoms with Crippen molar-refractivity contribution in [2.45, 2.75) is 26.7 Å². The van der Waals surface area contributed by atoms with Crippen LogP contribution in [-0.2, 0) is 9.59 Å². The van der Waals surface area contributed by atoms with Crippen LogP contribution in [0.25, 0.3) is 0 Å². The van der Waals surface area contributed by atoms with E-state index in [-0.39, 0.29) is 13.2 Å². The number of carbonyl (C=O) groups excluding carboxylic acids is 2. The SMILES string of the molecule is CCCOc1ccc(OCC(=O)N(CCC)CC(=O)Nc2ccc(F)c(F)c2F)cc1. The summed E-state index contributed by atoms with van der Waals surface area (Å²) in [5, 5.41) is 2.15. The summed E-state index contributed by atoms with van der Waals surface area (Å²) in [6.07, 6.45) is 1.46. The summed E-state index contributed by atoms with van der Waals surface area (Å²) in [5.74, 6) is -4.59. The van der Waals surface area contributed by atoms with Crippen LogP contribution in [0.4, 0.5) is 18.9 Å². The highest BCUT2D eigenvalue weighted by Crippen LogP contribution is 2.20. The summed E-state index contributed by atoms with van der Waals surface area (Å²) in [6, 6.07) is 8.40. The maximum absolute atomic E-state index is 13.7.